The molecule has 1 N–H and O–H groups in total. The summed E-state index contributed by atoms with van der Waals surface area (Å²) in [6.45, 7) is 2.95. The molecule has 1 heterocycles. The van der Waals surface area contributed by atoms with Crippen LogP contribution in [0.1, 0.15) is 0 Å². The highest BCUT2D eigenvalue weighted by atomic mass is 35.5. The Kier molecular flexibility index (Phi) is 3.83. The van der Waals surface area contributed by atoms with Gasteiger partial charge in [0, 0.05) is 6.54 Å². The Hall–Kier alpha value is -0.770. The van der Waals surface area contributed by atoms with Crippen LogP contribution < -0.4 is 10.1 Å². The van der Waals surface area contributed by atoms with Gasteiger partial charge in [-0.2, -0.15) is 0 Å². The van der Waals surface area contributed by atoms with Crippen molar-refractivity contribution in [2.45, 2.75) is 6.04 Å². The van der Waals surface area contributed by atoms with Crippen LogP contribution in [0.25, 0.3) is 0 Å². The first kappa shape index (κ1) is 10.7. The predicted octanol–water partition coefficient (Wildman–Crippen LogP) is 1.71. The first-order chi connectivity index (χ1) is 7.36. The number of halogens is 1. The van der Waals surface area contributed by atoms with Crippen molar-refractivity contribution in [3.8, 4) is 5.75 Å². The SMILES string of the molecule is Clc1ccccc1OCC1COCCN1. The molecular weight excluding hydrogens is 214 g/mol. The molecule has 1 saturated heterocycles. The van der Waals surface area contributed by atoms with Gasteiger partial charge in [-0.25, -0.2) is 0 Å². The summed E-state index contributed by atoms with van der Waals surface area (Å²) < 4.78 is 10.9. The van der Waals surface area contributed by atoms with E-state index in [-0.39, 0.29) is 6.04 Å². The quantitative estimate of drug-likeness (QED) is 0.853. The van der Waals surface area contributed by atoms with Gasteiger partial charge in [-0.15, -0.1) is 0 Å². The maximum Gasteiger partial charge on any atom is 0.137 e. The van der Waals surface area contributed by atoms with E-state index in [0.29, 0.717) is 18.2 Å². The third-order valence-corrected chi connectivity index (χ3v) is 2.59. The summed E-state index contributed by atoms with van der Waals surface area (Å²) in [5, 5.41) is 3.96. The summed E-state index contributed by atoms with van der Waals surface area (Å²) >= 11 is 5.97. The van der Waals surface area contributed by atoms with E-state index in [9.17, 15) is 0 Å². The third kappa shape index (κ3) is 3.09. The van der Waals surface area contributed by atoms with E-state index in [4.69, 9.17) is 21.1 Å². The van der Waals surface area contributed by atoms with Crippen molar-refractivity contribution < 1.29 is 9.47 Å². The lowest BCUT2D eigenvalue weighted by Gasteiger charge is -2.23. The topological polar surface area (TPSA) is 30.5 Å². The number of morpholine rings is 1. The fourth-order valence-corrected chi connectivity index (χ4v) is 1.67. The average molecular weight is 228 g/mol. The van der Waals surface area contributed by atoms with Crippen molar-refractivity contribution in [2.75, 3.05) is 26.4 Å². The van der Waals surface area contributed by atoms with Crippen LogP contribution in [0.5, 0.6) is 5.75 Å². The lowest BCUT2D eigenvalue weighted by atomic mass is 10.3. The summed E-state index contributed by atoms with van der Waals surface area (Å²) in [6.07, 6.45) is 0. The number of nitrogens with one attached hydrogen (secondary N) is 1. The second-order valence-corrected chi connectivity index (χ2v) is 3.87. The second kappa shape index (κ2) is 5.35. The summed E-state index contributed by atoms with van der Waals surface area (Å²) in [7, 11) is 0. The van der Waals surface area contributed by atoms with Gasteiger partial charge in [0.25, 0.3) is 0 Å². The van der Waals surface area contributed by atoms with Crippen molar-refractivity contribution in [1.29, 1.82) is 0 Å². The monoisotopic (exact) mass is 227 g/mol. The van der Waals surface area contributed by atoms with Crippen LogP contribution in [0.4, 0.5) is 0 Å². The van der Waals surface area contributed by atoms with Gasteiger partial charge in [-0.1, -0.05) is 23.7 Å². The fourth-order valence-electron chi connectivity index (χ4n) is 1.48. The lowest BCUT2D eigenvalue weighted by molar-refractivity contribution is 0.0593. The Labute approximate surface area is 94.3 Å². The normalized spacial score (nSPS) is 21.3. The van der Waals surface area contributed by atoms with Crippen LogP contribution in [0, 0.1) is 0 Å². The Bertz CT molecular complexity index is 313. The summed E-state index contributed by atoms with van der Waals surface area (Å²) in [5.74, 6) is 0.728. The molecule has 0 spiro atoms. The number of hydrogen-bond donors (Lipinski definition) is 1. The van der Waals surface area contributed by atoms with Crippen molar-refractivity contribution in [3.05, 3.63) is 29.3 Å². The number of rotatable bonds is 3. The number of benzene rings is 1. The van der Waals surface area contributed by atoms with Crippen molar-refractivity contribution in [3.63, 3.8) is 0 Å². The van der Waals surface area contributed by atoms with Crippen LogP contribution in [-0.4, -0.2) is 32.4 Å². The van der Waals surface area contributed by atoms with E-state index in [2.05, 4.69) is 5.32 Å². The van der Waals surface area contributed by atoms with Gasteiger partial charge >= 0.3 is 0 Å². The van der Waals surface area contributed by atoms with E-state index in [1.807, 2.05) is 24.3 Å². The van der Waals surface area contributed by atoms with E-state index < -0.39 is 0 Å². The average Bonchev–Trinajstić information content (AvgIpc) is 2.29. The standard InChI is InChI=1S/C11H14ClNO2/c12-10-3-1-2-4-11(10)15-8-9-7-14-6-5-13-9/h1-4,9,13H,5-8H2. The van der Waals surface area contributed by atoms with Gasteiger partial charge in [0.2, 0.25) is 0 Å². The molecule has 1 unspecified atom stereocenters. The Morgan fingerprint density at radius 3 is 3.07 bits per heavy atom. The molecule has 2 rings (SSSR count). The molecule has 0 bridgehead atoms. The molecule has 3 nitrogen and oxygen atoms in total. The summed E-state index contributed by atoms with van der Waals surface area (Å²) in [4.78, 5) is 0. The van der Waals surface area contributed by atoms with E-state index in [1.54, 1.807) is 0 Å². The van der Waals surface area contributed by atoms with Crippen LogP contribution >= 0.6 is 11.6 Å². The zero-order valence-electron chi connectivity index (χ0n) is 8.41. The van der Waals surface area contributed by atoms with Gasteiger partial charge < -0.3 is 14.8 Å². The van der Waals surface area contributed by atoms with Crippen LogP contribution in [-0.2, 0) is 4.74 Å². The Balaban J connectivity index is 1.84. The molecule has 1 aromatic rings. The molecule has 1 fully saturated rings. The van der Waals surface area contributed by atoms with Gasteiger partial charge in [0.15, 0.2) is 0 Å². The molecule has 0 aromatic heterocycles. The van der Waals surface area contributed by atoms with E-state index >= 15 is 0 Å². The molecule has 0 aliphatic carbocycles. The maximum atomic E-state index is 5.97. The zero-order valence-corrected chi connectivity index (χ0v) is 9.17. The molecule has 15 heavy (non-hydrogen) atoms. The number of para-hydroxylation sites is 1. The molecule has 1 aliphatic heterocycles. The largest absolute Gasteiger partial charge is 0.490 e. The van der Waals surface area contributed by atoms with Gasteiger partial charge in [0.05, 0.1) is 24.3 Å². The van der Waals surface area contributed by atoms with Crippen molar-refractivity contribution >= 4 is 11.6 Å². The highest BCUT2D eigenvalue weighted by Crippen LogP contribution is 2.23. The van der Waals surface area contributed by atoms with Gasteiger partial charge in [0.1, 0.15) is 12.4 Å². The molecule has 0 saturated carbocycles. The second-order valence-electron chi connectivity index (χ2n) is 3.47. The van der Waals surface area contributed by atoms with Gasteiger partial charge in [-0.3, -0.25) is 0 Å². The summed E-state index contributed by atoms with van der Waals surface area (Å²) in [6, 6.07) is 7.74. The highest BCUT2D eigenvalue weighted by molar-refractivity contribution is 6.32. The molecule has 0 amide bonds. The van der Waals surface area contributed by atoms with Crippen LogP contribution in [0.3, 0.4) is 0 Å². The molecule has 1 aromatic carbocycles. The van der Waals surface area contributed by atoms with Crippen LogP contribution in [0.2, 0.25) is 5.02 Å². The molecule has 4 heteroatoms. The Morgan fingerprint density at radius 2 is 2.33 bits per heavy atom. The number of ether oxygens (including phenoxy) is 2. The van der Waals surface area contributed by atoms with Crippen molar-refractivity contribution in [1.82, 2.24) is 5.32 Å². The lowest BCUT2D eigenvalue weighted by Crippen LogP contribution is -2.44. The first-order valence-electron chi connectivity index (χ1n) is 5.05. The minimum absolute atomic E-state index is 0.259. The minimum atomic E-state index is 0.259. The molecule has 1 aliphatic rings. The molecule has 1 atom stereocenters. The first-order valence-corrected chi connectivity index (χ1v) is 5.42. The molecular formula is C11H14ClNO2. The van der Waals surface area contributed by atoms with Crippen molar-refractivity contribution in [2.24, 2.45) is 0 Å². The van der Waals surface area contributed by atoms with E-state index in [1.165, 1.54) is 0 Å². The maximum absolute atomic E-state index is 5.97. The smallest absolute Gasteiger partial charge is 0.137 e. The highest BCUT2D eigenvalue weighted by Gasteiger charge is 2.13. The van der Waals surface area contributed by atoms with Gasteiger partial charge in [-0.05, 0) is 12.1 Å². The number of hydrogen-bond acceptors (Lipinski definition) is 3. The predicted molar refractivity (Wildman–Crippen MR) is 59.6 cm³/mol. The van der Waals surface area contributed by atoms with E-state index in [0.717, 1.165) is 18.9 Å². The summed E-state index contributed by atoms with van der Waals surface area (Å²) in [5.41, 5.74) is 0. The molecule has 0 radical (unpaired) electrons. The minimum Gasteiger partial charge on any atom is -0.490 e. The molecule has 82 valence electrons. The van der Waals surface area contributed by atoms with Crippen LogP contribution in [0.15, 0.2) is 24.3 Å². The Morgan fingerprint density at radius 1 is 1.47 bits per heavy atom. The zero-order chi connectivity index (χ0) is 10.5. The third-order valence-electron chi connectivity index (χ3n) is 2.28. The fraction of sp³-hybridized carbons (Fsp3) is 0.455.